The smallest absolute Gasteiger partial charge is 0.162 e. The molecule has 0 bridgehead atoms. The van der Waals surface area contributed by atoms with E-state index in [-0.39, 0.29) is 11.9 Å². The van der Waals surface area contributed by atoms with E-state index in [0.29, 0.717) is 17.0 Å². The summed E-state index contributed by atoms with van der Waals surface area (Å²) in [5.41, 5.74) is 5.61. The summed E-state index contributed by atoms with van der Waals surface area (Å²) >= 11 is 0. The first-order valence-electron chi connectivity index (χ1n) is 9.25. The molecule has 0 fully saturated rings. The molecular weight excluding hydrogens is 369 g/mol. The van der Waals surface area contributed by atoms with Gasteiger partial charge < -0.3 is 10.3 Å². The first kappa shape index (κ1) is 17.3. The lowest BCUT2D eigenvalue weighted by Crippen LogP contribution is -2.10. The minimum Gasteiger partial charge on any atom is -0.360 e. The van der Waals surface area contributed by atoms with E-state index in [1.807, 2.05) is 42.6 Å². The van der Waals surface area contributed by atoms with E-state index >= 15 is 0 Å². The van der Waals surface area contributed by atoms with Crippen LogP contribution in [0.4, 0.5) is 10.2 Å². The average molecular weight is 387 g/mol. The number of nitrogens with one attached hydrogen (secondary N) is 2. The highest BCUT2D eigenvalue weighted by Gasteiger charge is 2.21. The van der Waals surface area contributed by atoms with Crippen molar-refractivity contribution in [3.8, 4) is 11.3 Å². The molecule has 144 valence electrons. The predicted octanol–water partition coefficient (Wildman–Crippen LogP) is 4.29. The topological polar surface area (TPSA) is 83.8 Å². The van der Waals surface area contributed by atoms with E-state index < -0.39 is 0 Å². The summed E-state index contributed by atoms with van der Waals surface area (Å²) in [6.07, 6.45) is 5.08. The Kier molecular flexibility index (Phi) is 3.97. The number of nitrogens with zero attached hydrogens (tertiary/aromatic N) is 5. The van der Waals surface area contributed by atoms with Crippen LogP contribution in [0.15, 0.2) is 55.2 Å². The van der Waals surface area contributed by atoms with Gasteiger partial charge in [0.05, 0.1) is 23.8 Å². The Hall–Kier alpha value is -3.81. The van der Waals surface area contributed by atoms with Gasteiger partial charge in [0.2, 0.25) is 0 Å². The van der Waals surface area contributed by atoms with Gasteiger partial charge in [0, 0.05) is 11.8 Å². The molecule has 0 aliphatic carbocycles. The van der Waals surface area contributed by atoms with E-state index in [1.165, 1.54) is 18.5 Å². The Morgan fingerprint density at radius 3 is 2.90 bits per heavy atom. The van der Waals surface area contributed by atoms with Crippen molar-refractivity contribution in [3.05, 3.63) is 72.3 Å². The van der Waals surface area contributed by atoms with Crippen LogP contribution in [0.25, 0.3) is 28.1 Å². The molecule has 0 amide bonds. The van der Waals surface area contributed by atoms with E-state index in [0.717, 1.165) is 28.2 Å². The zero-order valence-corrected chi connectivity index (χ0v) is 15.9. The SMILES string of the molecule is Cc1ccc2nc(C(C)Nc3ncnc4[nH]cnc34)c(-c3cccc(F)c3)n2c1. The van der Waals surface area contributed by atoms with Crippen LogP contribution in [0.5, 0.6) is 0 Å². The summed E-state index contributed by atoms with van der Waals surface area (Å²) in [4.78, 5) is 20.6. The third-order valence-corrected chi connectivity index (χ3v) is 4.87. The van der Waals surface area contributed by atoms with Crippen molar-refractivity contribution in [1.29, 1.82) is 0 Å². The highest BCUT2D eigenvalue weighted by molar-refractivity contribution is 5.82. The lowest BCUT2D eigenvalue weighted by atomic mass is 10.1. The maximum atomic E-state index is 14.0. The molecule has 0 saturated heterocycles. The summed E-state index contributed by atoms with van der Waals surface area (Å²) in [5.74, 6) is 0.327. The monoisotopic (exact) mass is 387 g/mol. The van der Waals surface area contributed by atoms with Crippen molar-refractivity contribution >= 4 is 22.6 Å². The average Bonchev–Trinajstić information content (AvgIpc) is 3.33. The largest absolute Gasteiger partial charge is 0.360 e. The molecule has 4 heterocycles. The Morgan fingerprint density at radius 2 is 2.03 bits per heavy atom. The number of aromatic nitrogens is 6. The van der Waals surface area contributed by atoms with Crippen LogP contribution < -0.4 is 5.32 Å². The fourth-order valence-electron chi connectivity index (χ4n) is 3.54. The molecule has 0 saturated carbocycles. The zero-order valence-electron chi connectivity index (χ0n) is 15.9. The normalized spacial score (nSPS) is 12.5. The molecule has 1 aromatic carbocycles. The minimum absolute atomic E-state index is 0.205. The van der Waals surface area contributed by atoms with Gasteiger partial charge in [-0.25, -0.2) is 24.3 Å². The second-order valence-corrected chi connectivity index (χ2v) is 6.98. The van der Waals surface area contributed by atoms with Gasteiger partial charge in [0.25, 0.3) is 0 Å². The molecule has 5 rings (SSSR count). The lowest BCUT2D eigenvalue weighted by Gasteiger charge is -2.15. The van der Waals surface area contributed by atoms with Crippen molar-refractivity contribution < 1.29 is 4.39 Å². The van der Waals surface area contributed by atoms with E-state index in [1.54, 1.807) is 12.4 Å². The molecular formula is C21H18FN7. The van der Waals surface area contributed by atoms with Crippen LogP contribution in [-0.2, 0) is 0 Å². The van der Waals surface area contributed by atoms with Gasteiger partial charge in [-0.3, -0.25) is 4.40 Å². The Balaban J connectivity index is 1.66. The first-order valence-corrected chi connectivity index (χ1v) is 9.25. The Bertz CT molecular complexity index is 1340. The van der Waals surface area contributed by atoms with Crippen LogP contribution in [0.2, 0.25) is 0 Å². The van der Waals surface area contributed by atoms with Gasteiger partial charge in [-0.2, -0.15) is 0 Å². The number of benzene rings is 1. The number of fused-ring (bicyclic) bond motifs is 2. The molecule has 5 aromatic rings. The number of halogens is 1. The fourth-order valence-corrected chi connectivity index (χ4v) is 3.54. The molecule has 0 radical (unpaired) electrons. The quantitative estimate of drug-likeness (QED) is 0.481. The van der Waals surface area contributed by atoms with Gasteiger partial charge in [0.1, 0.15) is 23.3 Å². The number of rotatable bonds is 4. The van der Waals surface area contributed by atoms with Crippen LogP contribution in [0, 0.1) is 12.7 Å². The molecule has 0 spiro atoms. The predicted molar refractivity (Wildman–Crippen MR) is 109 cm³/mol. The number of anilines is 1. The van der Waals surface area contributed by atoms with Gasteiger partial charge in [-0.15, -0.1) is 0 Å². The number of hydrogen-bond acceptors (Lipinski definition) is 5. The Labute approximate surface area is 165 Å². The van der Waals surface area contributed by atoms with Gasteiger partial charge in [-0.05, 0) is 37.6 Å². The number of aromatic amines is 1. The maximum absolute atomic E-state index is 14.0. The third-order valence-electron chi connectivity index (χ3n) is 4.87. The highest BCUT2D eigenvalue weighted by Crippen LogP contribution is 2.32. The van der Waals surface area contributed by atoms with Crippen LogP contribution in [0.3, 0.4) is 0 Å². The van der Waals surface area contributed by atoms with Crippen molar-refractivity contribution in [3.63, 3.8) is 0 Å². The number of imidazole rings is 2. The Morgan fingerprint density at radius 1 is 1.14 bits per heavy atom. The van der Waals surface area contributed by atoms with Gasteiger partial charge in [0.15, 0.2) is 11.5 Å². The third kappa shape index (κ3) is 2.98. The number of aryl methyl sites for hydroxylation is 1. The number of pyridine rings is 1. The van der Waals surface area contributed by atoms with Gasteiger partial charge in [-0.1, -0.05) is 18.2 Å². The molecule has 7 nitrogen and oxygen atoms in total. The summed E-state index contributed by atoms with van der Waals surface area (Å²) in [6.45, 7) is 4.02. The standard InChI is InChI=1S/C21H18FN7/c1-12-6-7-16-28-17(19(29(16)9-12)14-4-3-5-15(22)8-14)13(2)27-21-18-20(24-10-23-18)25-11-26-21/h3-11,13H,1-2H3,(H2,23,24,25,26,27). The lowest BCUT2D eigenvalue weighted by molar-refractivity contribution is 0.628. The number of H-pyrrole nitrogens is 1. The molecule has 2 N–H and O–H groups in total. The van der Waals surface area contributed by atoms with E-state index in [2.05, 4.69) is 25.3 Å². The second-order valence-electron chi connectivity index (χ2n) is 6.98. The van der Waals surface area contributed by atoms with Gasteiger partial charge >= 0.3 is 0 Å². The van der Waals surface area contributed by atoms with Crippen molar-refractivity contribution in [2.45, 2.75) is 19.9 Å². The van der Waals surface area contributed by atoms with Crippen LogP contribution >= 0.6 is 0 Å². The van der Waals surface area contributed by atoms with Crippen molar-refractivity contribution in [2.75, 3.05) is 5.32 Å². The first-order chi connectivity index (χ1) is 14.1. The summed E-state index contributed by atoms with van der Waals surface area (Å²) in [7, 11) is 0. The van der Waals surface area contributed by atoms with E-state index in [9.17, 15) is 4.39 Å². The summed E-state index contributed by atoms with van der Waals surface area (Å²) < 4.78 is 16.0. The molecule has 1 atom stereocenters. The number of hydrogen-bond donors (Lipinski definition) is 2. The van der Waals surface area contributed by atoms with Crippen molar-refractivity contribution in [2.24, 2.45) is 0 Å². The fraction of sp³-hybridized carbons (Fsp3) is 0.143. The maximum Gasteiger partial charge on any atom is 0.162 e. The molecule has 1 unspecified atom stereocenters. The van der Waals surface area contributed by atoms with Crippen LogP contribution in [-0.4, -0.2) is 29.3 Å². The molecule has 0 aliphatic heterocycles. The minimum atomic E-state index is -0.286. The van der Waals surface area contributed by atoms with E-state index in [4.69, 9.17) is 4.98 Å². The highest BCUT2D eigenvalue weighted by atomic mass is 19.1. The van der Waals surface area contributed by atoms with Crippen molar-refractivity contribution in [1.82, 2.24) is 29.3 Å². The zero-order chi connectivity index (χ0) is 20.0. The molecule has 8 heteroatoms. The summed E-state index contributed by atoms with van der Waals surface area (Å²) in [5, 5.41) is 3.38. The summed E-state index contributed by atoms with van der Waals surface area (Å²) in [6, 6.07) is 10.3. The molecule has 4 aromatic heterocycles. The molecule has 0 aliphatic rings. The van der Waals surface area contributed by atoms with Crippen LogP contribution in [0.1, 0.15) is 24.2 Å². The second kappa shape index (κ2) is 6.66. The molecule has 29 heavy (non-hydrogen) atoms.